The van der Waals surface area contributed by atoms with Crippen LogP contribution in [-0.4, -0.2) is 53.6 Å². The molecule has 1 saturated heterocycles. The van der Waals surface area contributed by atoms with Crippen molar-refractivity contribution in [2.24, 2.45) is 5.92 Å². The Bertz CT molecular complexity index is 339. The summed E-state index contributed by atoms with van der Waals surface area (Å²) in [4.78, 5) is 17.1. The molecule has 4 nitrogen and oxygen atoms in total. The molecule has 1 unspecified atom stereocenters. The Hall–Kier alpha value is -0.610. The minimum atomic E-state index is -0.165. The van der Waals surface area contributed by atoms with E-state index < -0.39 is 0 Å². The predicted octanol–water partition coefficient (Wildman–Crippen LogP) is 2.05. The highest BCUT2D eigenvalue weighted by molar-refractivity contribution is 5.91. The highest BCUT2D eigenvalue weighted by Gasteiger charge is 2.58. The first-order chi connectivity index (χ1) is 9.52. The van der Waals surface area contributed by atoms with Crippen molar-refractivity contribution in [3.8, 4) is 0 Å². The summed E-state index contributed by atoms with van der Waals surface area (Å²) in [6.45, 7) is 13.0. The van der Waals surface area contributed by atoms with E-state index >= 15 is 0 Å². The van der Waals surface area contributed by atoms with Crippen molar-refractivity contribution in [2.75, 3.05) is 26.2 Å². The number of likely N-dealkylation sites (N-methyl/N-ethyl adjacent to an activating group) is 1. The standard InChI is InChI=1S/C16H31N3O/c1-5-9-18(6-2)10-11-19-14(12-13(3)4)17-16(7-8-16)15(19)20/h13-14,17H,5-12H2,1-4H3. The average molecular weight is 281 g/mol. The second-order valence-corrected chi connectivity index (χ2v) is 6.80. The number of nitrogens with one attached hydrogen (secondary N) is 1. The van der Waals surface area contributed by atoms with Crippen LogP contribution >= 0.6 is 0 Å². The van der Waals surface area contributed by atoms with Crippen LogP contribution in [0.15, 0.2) is 0 Å². The van der Waals surface area contributed by atoms with Crippen molar-refractivity contribution in [3.63, 3.8) is 0 Å². The van der Waals surface area contributed by atoms with Crippen molar-refractivity contribution in [3.05, 3.63) is 0 Å². The lowest BCUT2D eigenvalue weighted by Gasteiger charge is -2.28. The van der Waals surface area contributed by atoms with Gasteiger partial charge in [0.25, 0.3) is 0 Å². The number of hydrogen-bond donors (Lipinski definition) is 1. The molecule has 0 bridgehead atoms. The molecule has 1 saturated carbocycles. The van der Waals surface area contributed by atoms with Gasteiger partial charge >= 0.3 is 0 Å². The lowest BCUT2D eigenvalue weighted by atomic mass is 10.1. The molecule has 1 heterocycles. The van der Waals surface area contributed by atoms with Crippen molar-refractivity contribution >= 4 is 5.91 Å². The van der Waals surface area contributed by atoms with E-state index in [9.17, 15) is 4.79 Å². The minimum Gasteiger partial charge on any atom is -0.324 e. The lowest BCUT2D eigenvalue weighted by Crippen LogP contribution is -2.43. The number of nitrogens with zero attached hydrogens (tertiary/aromatic N) is 2. The molecule has 1 N–H and O–H groups in total. The third kappa shape index (κ3) is 3.34. The van der Waals surface area contributed by atoms with Crippen LogP contribution in [0, 0.1) is 5.92 Å². The van der Waals surface area contributed by atoms with Gasteiger partial charge in [0.05, 0.1) is 11.7 Å². The quantitative estimate of drug-likeness (QED) is 0.740. The maximum absolute atomic E-state index is 12.6. The first-order valence-corrected chi connectivity index (χ1v) is 8.33. The number of rotatable bonds is 8. The molecule has 1 atom stereocenters. The molecule has 0 aromatic rings. The second kappa shape index (κ2) is 6.44. The molecule has 1 amide bonds. The first kappa shape index (κ1) is 15.8. The summed E-state index contributed by atoms with van der Waals surface area (Å²) in [7, 11) is 0. The van der Waals surface area contributed by atoms with E-state index in [0.717, 1.165) is 45.4 Å². The van der Waals surface area contributed by atoms with Crippen molar-refractivity contribution in [1.82, 2.24) is 15.1 Å². The highest BCUT2D eigenvalue weighted by Crippen LogP contribution is 2.42. The normalized spacial score (nSPS) is 24.4. The van der Waals surface area contributed by atoms with Gasteiger partial charge in [-0.1, -0.05) is 27.7 Å². The van der Waals surface area contributed by atoms with E-state index in [1.165, 1.54) is 6.42 Å². The topological polar surface area (TPSA) is 35.6 Å². The number of hydrogen-bond acceptors (Lipinski definition) is 3. The van der Waals surface area contributed by atoms with Gasteiger partial charge in [0.1, 0.15) is 0 Å². The Balaban J connectivity index is 1.93. The predicted molar refractivity (Wildman–Crippen MR) is 82.5 cm³/mol. The fourth-order valence-corrected chi connectivity index (χ4v) is 3.24. The van der Waals surface area contributed by atoms with Gasteiger partial charge in [-0.2, -0.15) is 0 Å². The molecule has 2 rings (SSSR count). The van der Waals surface area contributed by atoms with Gasteiger partial charge in [-0.25, -0.2) is 0 Å². The smallest absolute Gasteiger partial charge is 0.244 e. The molecule has 1 aliphatic carbocycles. The third-order valence-electron chi connectivity index (χ3n) is 4.58. The van der Waals surface area contributed by atoms with E-state index in [2.05, 4.69) is 42.8 Å². The van der Waals surface area contributed by atoms with Crippen LogP contribution < -0.4 is 5.32 Å². The molecule has 2 aliphatic rings. The third-order valence-corrected chi connectivity index (χ3v) is 4.58. The Morgan fingerprint density at radius 2 is 2.05 bits per heavy atom. The van der Waals surface area contributed by atoms with Gasteiger partial charge in [0.2, 0.25) is 5.91 Å². The molecule has 0 radical (unpaired) electrons. The van der Waals surface area contributed by atoms with Crippen LogP contribution in [-0.2, 0) is 4.79 Å². The van der Waals surface area contributed by atoms with E-state index in [1.54, 1.807) is 0 Å². The largest absolute Gasteiger partial charge is 0.324 e. The summed E-state index contributed by atoms with van der Waals surface area (Å²) in [6.07, 6.45) is 4.56. The van der Waals surface area contributed by atoms with Gasteiger partial charge in [0.15, 0.2) is 0 Å². The van der Waals surface area contributed by atoms with Crippen LogP contribution in [0.3, 0.4) is 0 Å². The molecule has 20 heavy (non-hydrogen) atoms. The van der Waals surface area contributed by atoms with Crippen LogP contribution in [0.5, 0.6) is 0 Å². The summed E-state index contributed by atoms with van der Waals surface area (Å²) in [6, 6.07) is 0. The zero-order valence-electron chi connectivity index (χ0n) is 13.6. The molecule has 2 fully saturated rings. The van der Waals surface area contributed by atoms with Crippen molar-refractivity contribution < 1.29 is 4.79 Å². The number of carbonyl (C=O) groups excluding carboxylic acids is 1. The van der Waals surface area contributed by atoms with Crippen LogP contribution in [0.2, 0.25) is 0 Å². The van der Waals surface area contributed by atoms with E-state index in [-0.39, 0.29) is 11.7 Å². The summed E-state index contributed by atoms with van der Waals surface area (Å²) in [5.41, 5.74) is -0.165. The van der Waals surface area contributed by atoms with Crippen LogP contribution in [0.25, 0.3) is 0 Å². The van der Waals surface area contributed by atoms with E-state index in [1.807, 2.05) is 0 Å². The van der Waals surface area contributed by atoms with Gasteiger partial charge in [-0.3, -0.25) is 10.1 Å². The zero-order valence-corrected chi connectivity index (χ0v) is 13.6. The molecule has 1 aliphatic heterocycles. The average Bonchev–Trinajstić information content (AvgIpc) is 3.12. The fraction of sp³-hybridized carbons (Fsp3) is 0.938. The monoisotopic (exact) mass is 281 g/mol. The maximum atomic E-state index is 12.6. The molecular formula is C16H31N3O. The lowest BCUT2D eigenvalue weighted by molar-refractivity contribution is -0.131. The fourth-order valence-electron chi connectivity index (χ4n) is 3.24. The summed E-state index contributed by atoms with van der Waals surface area (Å²) >= 11 is 0. The molecule has 116 valence electrons. The Morgan fingerprint density at radius 3 is 2.55 bits per heavy atom. The van der Waals surface area contributed by atoms with Gasteiger partial charge < -0.3 is 9.80 Å². The Kier molecular flexibility index (Phi) is 5.08. The van der Waals surface area contributed by atoms with E-state index in [0.29, 0.717) is 11.8 Å². The highest BCUT2D eigenvalue weighted by atomic mass is 16.2. The zero-order chi connectivity index (χ0) is 14.8. The Labute approximate surface area is 123 Å². The molecule has 0 aromatic carbocycles. The summed E-state index contributed by atoms with van der Waals surface area (Å²) in [5, 5.41) is 3.60. The number of amides is 1. The SMILES string of the molecule is CCCN(CC)CCN1C(=O)C2(CC2)NC1CC(C)C. The van der Waals surface area contributed by atoms with Crippen LogP contribution in [0.4, 0.5) is 0 Å². The van der Waals surface area contributed by atoms with Gasteiger partial charge in [-0.15, -0.1) is 0 Å². The van der Waals surface area contributed by atoms with Crippen molar-refractivity contribution in [1.29, 1.82) is 0 Å². The first-order valence-electron chi connectivity index (χ1n) is 8.33. The summed E-state index contributed by atoms with van der Waals surface area (Å²) < 4.78 is 0. The van der Waals surface area contributed by atoms with Gasteiger partial charge in [-0.05, 0) is 44.7 Å². The van der Waals surface area contributed by atoms with E-state index in [4.69, 9.17) is 0 Å². The molecular weight excluding hydrogens is 250 g/mol. The molecule has 1 spiro atoms. The molecule has 4 heteroatoms. The molecule has 0 aromatic heterocycles. The summed E-state index contributed by atoms with van der Waals surface area (Å²) in [5.74, 6) is 0.977. The minimum absolute atomic E-state index is 0.165. The second-order valence-electron chi connectivity index (χ2n) is 6.80. The van der Waals surface area contributed by atoms with Crippen LogP contribution in [0.1, 0.15) is 53.4 Å². The van der Waals surface area contributed by atoms with Crippen molar-refractivity contribution in [2.45, 2.75) is 65.1 Å². The Morgan fingerprint density at radius 1 is 1.35 bits per heavy atom. The maximum Gasteiger partial charge on any atom is 0.244 e. The number of carbonyl (C=O) groups is 1. The van der Waals surface area contributed by atoms with Gasteiger partial charge in [0, 0.05) is 13.1 Å².